The first kappa shape index (κ1) is 20.9. The molecule has 0 aliphatic carbocycles. The number of benzene rings is 1. The van der Waals surface area contributed by atoms with Crippen LogP contribution in [-0.2, 0) is 0 Å². The number of hydrogen-bond acceptors (Lipinski definition) is 9. The van der Waals surface area contributed by atoms with E-state index >= 15 is 0 Å². The minimum atomic E-state index is -0.369. The molecular formula is C22H24N8O3. The van der Waals surface area contributed by atoms with Gasteiger partial charge in [0.25, 0.3) is 5.91 Å². The number of anilines is 3. The van der Waals surface area contributed by atoms with E-state index in [2.05, 4.69) is 30.4 Å². The highest BCUT2D eigenvalue weighted by Crippen LogP contribution is 2.35. The van der Waals surface area contributed by atoms with Crippen molar-refractivity contribution in [1.82, 2.24) is 25.1 Å². The Kier molecular flexibility index (Phi) is 5.15. The fourth-order valence-corrected chi connectivity index (χ4v) is 4.25. The van der Waals surface area contributed by atoms with Gasteiger partial charge in [-0.25, -0.2) is 4.98 Å². The third kappa shape index (κ3) is 3.65. The molecular weight excluding hydrogens is 424 g/mol. The molecule has 1 atom stereocenters. The van der Waals surface area contributed by atoms with Gasteiger partial charge in [0, 0.05) is 57.7 Å². The van der Waals surface area contributed by atoms with Gasteiger partial charge >= 0.3 is 11.8 Å². The van der Waals surface area contributed by atoms with Crippen LogP contribution >= 0.6 is 0 Å². The highest BCUT2D eigenvalue weighted by Gasteiger charge is 2.37. The summed E-state index contributed by atoms with van der Waals surface area (Å²) in [6.45, 7) is 1.38. The topological polar surface area (TPSA) is 121 Å². The molecule has 1 N–H and O–H groups in total. The summed E-state index contributed by atoms with van der Waals surface area (Å²) in [5, 5.41) is 10.8. The van der Waals surface area contributed by atoms with Crippen molar-refractivity contribution in [2.24, 2.45) is 0 Å². The van der Waals surface area contributed by atoms with Gasteiger partial charge in [-0.3, -0.25) is 9.59 Å². The Morgan fingerprint density at radius 3 is 2.91 bits per heavy atom. The van der Waals surface area contributed by atoms with Crippen molar-refractivity contribution in [2.75, 3.05) is 49.3 Å². The fraction of sp³-hybridized carbons (Fsp3) is 0.364. The Morgan fingerprint density at radius 2 is 2.12 bits per heavy atom. The zero-order chi connectivity index (χ0) is 23.1. The van der Waals surface area contributed by atoms with Crippen LogP contribution in [0.4, 0.5) is 17.5 Å². The maximum absolute atomic E-state index is 13.6. The summed E-state index contributed by atoms with van der Waals surface area (Å²) in [5.74, 6) is 0.763. The zero-order valence-electron chi connectivity index (χ0n) is 18.6. The van der Waals surface area contributed by atoms with Gasteiger partial charge in [0.1, 0.15) is 11.4 Å². The summed E-state index contributed by atoms with van der Waals surface area (Å²) in [6, 6.07) is 7.49. The van der Waals surface area contributed by atoms with Gasteiger partial charge in [-0.2, -0.15) is 4.98 Å². The van der Waals surface area contributed by atoms with E-state index in [0.29, 0.717) is 35.1 Å². The highest BCUT2D eigenvalue weighted by molar-refractivity contribution is 6.10. The van der Waals surface area contributed by atoms with Gasteiger partial charge in [0.2, 0.25) is 11.8 Å². The minimum Gasteiger partial charge on any atom is -0.412 e. The van der Waals surface area contributed by atoms with Crippen molar-refractivity contribution in [2.45, 2.75) is 18.9 Å². The summed E-state index contributed by atoms with van der Waals surface area (Å²) < 4.78 is 5.59. The molecule has 1 unspecified atom stereocenters. The first-order valence-corrected chi connectivity index (χ1v) is 10.7. The molecule has 11 heteroatoms. The molecule has 1 saturated heterocycles. The van der Waals surface area contributed by atoms with Gasteiger partial charge in [0.15, 0.2) is 0 Å². The van der Waals surface area contributed by atoms with Gasteiger partial charge in [-0.1, -0.05) is 6.07 Å². The SMILES string of the molecule is CNc1ncc2c(n1)N1CCCC1CN(c1cccc(-c3nnc(C(=O)N(C)C)o3)c1)C2=O. The van der Waals surface area contributed by atoms with Crippen molar-refractivity contribution in [3.05, 3.63) is 41.9 Å². The molecule has 2 aromatic heterocycles. The minimum absolute atomic E-state index is 0.0840. The lowest BCUT2D eigenvalue weighted by molar-refractivity contribution is 0.0789. The quantitative estimate of drug-likeness (QED) is 0.638. The molecule has 2 aliphatic heterocycles. The highest BCUT2D eigenvalue weighted by atomic mass is 16.4. The normalized spacial score (nSPS) is 17.4. The van der Waals surface area contributed by atoms with Gasteiger partial charge < -0.3 is 24.4 Å². The van der Waals surface area contributed by atoms with Crippen LogP contribution in [0.1, 0.15) is 33.9 Å². The van der Waals surface area contributed by atoms with Crippen LogP contribution < -0.4 is 15.1 Å². The summed E-state index contributed by atoms with van der Waals surface area (Å²) in [5.41, 5.74) is 1.80. The molecule has 0 spiro atoms. The monoisotopic (exact) mass is 448 g/mol. The Balaban J connectivity index is 1.52. The molecule has 0 bridgehead atoms. The maximum atomic E-state index is 13.6. The number of nitrogens with zero attached hydrogens (tertiary/aromatic N) is 7. The molecule has 4 heterocycles. The lowest BCUT2D eigenvalue weighted by Crippen LogP contribution is -2.39. The number of rotatable bonds is 4. The average Bonchev–Trinajstić information content (AvgIpc) is 3.49. The molecule has 5 rings (SSSR count). The molecule has 2 amide bonds. The third-order valence-electron chi connectivity index (χ3n) is 5.93. The zero-order valence-corrected chi connectivity index (χ0v) is 18.6. The lowest BCUT2D eigenvalue weighted by Gasteiger charge is -2.27. The van der Waals surface area contributed by atoms with Crippen molar-refractivity contribution < 1.29 is 14.0 Å². The van der Waals surface area contributed by atoms with E-state index in [1.165, 1.54) is 4.90 Å². The molecule has 1 aromatic carbocycles. The summed E-state index contributed by atoms with van der Waals surface area (Å²) in [4.78, 5) is 39.9. The number of nitrogens with one attached hydrogen (secondary N) is 1. The van der Waals surface area contributed by atoms with Gasteiger partial charge in [-0.15, -0.1) is 10.2 Å². The lowest BCUT2D eigenvalue weighted by atomic mass is 10.1. The van der Waals surface area contributed by atoms with Crippen molar-refractivity contribution in [3.63, 3.8) is 0 Å². The van der Waals surface area contributed by atoms with Gasteiger partial charge in [0.05, 0.1) is 0 Å². The molecule has 1 fully saturated rings. The standard InChI is InChI=1S/C22H24N8O3/c1-23-22-24-11-16-17(25-22)29-9-5-8-15(29)12-30(20(16)31)14-7-4-6-13(10-14)18-26-27-19(33-18)21(32)28(2)3/h4,6-7,10-11,15H,5,8-9,12H2,1-3H3,(H,23,24,25). The molecule has 3 aromatic rings. The largest absolute Gasteiger partial charge is 0.412 e. The molecule has 33 heavy (non-hydrogen) atoms. The fourth-order valence-electron chi connectivity index (χ4n) is 4.25. The van der Waals surface area contributed by atoms with Gasteiger partial charge in [-0.05, 0) is 31.0 Å². The number of fused-ring (bicyclic) bond motifs is 3. The number of carbonyl (C=O) groups is 2. The second kappa shape index (κ2) is 8.15. The third-order valence-corrected chi connectivity index (χ3v) is 5.93. The van der Waals surface area contributed by atoms with Crippen LogP contribution in [0.2, 0.25) is 0 Å². The Hall–Kier alpha value is -4.02. The molecule has 0 radical (unpaired) electrons. The van der Waals surface area contributed by atoms with E-state index in [1.807, 2.05) is 18.2 Å². The van der Waals surface area contributed by atoms with Crippen LogP contribution in [0, 0.1) is 0 Å². The number of aromatic nitrogens is 4. The number of carbonyl (C=O) groups excluding carboxylic acids is 2. The van der Waals surface area contributed by atoms with E-state index in [9.17, 15) is 9.59 Å². The van der Waals surface area contributed by atoms with Crippen molar-refractivity contribution in [3.8, 4) is 11.5 Å². The summed E-state index contributed by atoms with van der Waals surface area (Å²) in [6.07, 6.45) is 3.60. The van der Waals surface area contributed by atoms with E-state index in [0.717, 1.165) is 19.4 Å². The van der Waals surface area contributed by atoms with E-state index in [4.69, 9.17) is 4.42 Å². The average molecular weight is 448 g/mol. The number of hydrogen-bond donors (Lipinski definition) is 1. The van der Waals surface area contributed by atoms with Crippen LogP contribution in [0.5, 0.6) is 0 Å². The predicted octanol–water partition coefficient (Wildman–Crippen LogP) is 1.90. The molecule has 170 valence electrons. The van der Waals surface area contributed by atoms with E-state index in [-0.39, 0.29) is 29.6 Å². The maximum Gasteiger partial charge on any atom is 0.310 e. The first-order chi connectivity index (χ1) is 16.0. The van der Waals surface area contributed by atoms with E-state index in [1.54, 1.807) is 38.3 Å². The summed E-state index contributed by atoms with van der Waals surface area (Å²) in [7, 11) is 4.99. The molecule has 0 saturated carbocycles. The molecule has 2 aliphatic rings. The van der Waals surface area contributed by atoms with Crippen LogP contribution in [0.25, 0.3) is 11.5 Å². The summed E-state index contributed by atoms with van der Waals surface area (Å²) >= 11 is 0. The van der Waals surface area contributed by atoms with Crippen molar-refractivity contribution >= 4 is 29.3 Å². The van der Waals surface area contributed by atoms with E-state index < -0.39 is 0 Å². The van der Waals surface area contributed by atoms with Crippen LogP contribution in [-0.4, -0.2) is 77.2 Å². The first-order valence-electron chi connectivity index (χ1n) is 10.7. The van der Waals surface area contributed by atoms with Crippen LogP contribution in [0.15, 0.2) is 34.9 Å². The predicted molar refractivity (Wildman–Crippen MR) is 121 cm³/mol. The Labute approximate surface area is 190 Å². The smallest absolute Gasteiger partial charge is 0.310 e. The Bertz CT molecular complexity index is 1220. The number of amides is 2. The second-order valence-electron chi connectivity index (χ2n) is 8.25. The van der Waals surface area contributed by atoms with Crippen LogP contribution in [0.3, 0.4) is 0 Å². The molecule has 11 nitrogen and oxygen atoms in total. The second-order valence-corrected chi connectivity index (χ2v) is 8.25. The van der Waals surface area contributed by atoms with Crippen molar-refractivity contribution in [1.29, 1.82) is 0 Å². The Morgan fingerprint density at radius 1 is 1.27 bits per heavy atom.